The van der Waals surface area contributed by atoms with Gasteiger partial charge in [0.1, 0.15) is 0 Å². The molecule has 7 N–H and O–H groups in total. The van der Waals surface area contributed by atoms with Crippen LogP contribution in [0.1, 0.15) is 0 Å². The highest BCUT2D eigenvalue weighted by Crippen LogP contribution is 1.43. The van der Waals surface area contributed by atoms with Gasteiger partial charge in [0, 0.05) is 0 Å². The molecule has 0 aromatic carbocycles. The second kappa shape index (κ2) is 47.2. The summed E-state index contributed by atoms with van der Waals surface area (Å²) in [5.41, 5.74) is 0. The third-order valence-electron chi connectivity index (χ3n) is 0. The van der Waals surface area contributed by atoms with Crippen LogP contribution in [0.5, 0.6) is 0 Å². The topological polar surface area (TPSA) is 151 Å². The van der Waals surface area contributed by atoms with Gasteiger partial charge in [0.2, 0.25) is 0 Å². The van der Waals surface area contributed by atoms with Crippen LogP contribution in [0.25, 0.3) is 0 Å². The fourth-order valence-electron chi connectivity index (χ4n) is 0. The van der Waals surface area contributed by atoms with Crippen molar-refractivity contribution >= 4 is 12.3 Å². The van der Waals surface area contributed by atoms with Crippen molar-refractivity contribution in [1.29, 1.82) is 0 Å². The summed E-state index contributed by atoms with van der Waals surface area (Å²) in [6, 6.07) is 0. The molecule has 9 heteroatoms. The standard InChI is InChI=1S/3C2H7N.2CH2O3/c3*1-3-2;2*2-1(3)4/h3*3H,1-2H3;2*(H2,2,3,4). The molecule has 0 fully saturated rings. The zero-order valence-corrected chi connectivity index (χ0v) is 11.1. The molecule has 9 nitrogen and oxygen atoms in total. The van der Waals surface area contributed by atoms with Gasteiger partial charge in [0.15, 0.2) is 0 Å². The molecule has 0 aromatic rings. The van der Waals surface area contributed by atoms with E-state index in [9.17, 15) is 0 Å². The van der Waals surface area contributed by atoms with E-state index < -0.39 is 12.3 Å². The lowest BCUT2D eigenvalue weighted by molar-refractivity contribution is 0.135. The third-order valence-corrected chi connectivity index (χ3v) is 0. The first-order valence-corrected chi connectivity index (χ1v) is 4.30. The van der Waals surface area contributed by atoms with E-state index in [1.54, 1.807) is 0 Å². The van der Waals surface area contributed by atoms with Crippen molar-refractivity contribution in [3.63, 3.8) is 0 Å². The van der Waals surface area contributed by atoms with E-state index >= 15 is 0 Å². The number of carboxylic acid groups (broad SMARTS) is 4. The van der Waals surface area contributed by atoms with Crippen LogP contribution in [-0.4, -0.2) is 75.0 Å². The van der Waals surface area contributed by atoms with Gasteiger partial charge in [-0.05, 0) is 42.3 Å². The average molecular weight is 259 g/mol. The van der Waals surface area contributed by atoms with Crippen molar-refractivity contribution < 1.29 is 30.0 Å². The molecule has 0 saturated carbocycles. The Balaban J connectivity index is -0.0000000356. The number of rotatable bonds is 0. The van der Waals surface area contributed by atoms with Crippen LogP contribution in [0.15, 0.2) is 0 Å². The lowest BCUT2D eigenvalue weighted by Gasteiger charge is -1.60. The lowest BCUT2D eigenvalue weighted by Crippen LogP contribution is -1.89. The van der Waals surface area contributed by atoms with Crippen molar-refractivity contribution in [2.45, 2.75) is 0 Å². The highest BCUT2D eigenvalue weighted by molar-refractivity contribution is 5.53. The van der Waals surface area contributed by atoms with Crippen LogP contribution in [0, 0.1) is 0 Å². The SMILES string of the molecule is CNC.CNC.CNC.O=C(O)O.O=C(O)O. The summed E-state index contributed by atoms with van der Waals surface area (Å²) in [7, 11) is 11.2. The van der Waals surface area contributed by atoms with Crippen molar-refractivity contribution in [2.75, 3.05) is 42.3 Å². The van der Waals surface area contributed by atoms with Crippen molar-refractivity contribution in [1.82, 2.24) is 16.0 Å². The van der Waals surface area contributed by atoms with Crippen molar-refractivity contribution in [3.05, 3.63) is 0 Å². The molecule has 0 radical (unpaired) electrons. The molecule has 17 heavy (non-hydrogen) atoms. The summed E-state index contributed by atoms with van der Waals surface area (Å²) in [6.07, 6.45) is -3.67. The Morgan fingerprint density at radius 1 is 0.588 bits per heavy atom. The van der Waals surface area contributed by atoms with Crippen LogP contribution in [0.3, 0.4) is 0 Å². The molecular formula is C8H25N3O6. The summed E-state index contributed by atoms with van der Waals surface area (Å²) < 4.78 is 0. The maximum Gasteiger partial charge on any atom is 0.503 e. The first kappa shape index (κ1) is 29.5. The Bertz CT molecular complexity index is 110. The fraction of sp³-hybridized carbons (Fsp3) is 0.750. The molecular weight excluding hydrogens is 234 g/mol. The van der Waals surface area contributed by atoms with Crippen LogP contribution in [0.2, 0.25) is 0 Å². The molecule has 0 aliphatic heterocycles. The van der Waals surface area contributed by atoms with Crippen molar-refractivity contribution in [3.8, 4) is 0 Å². The first-order valence-electron chi connectivity index (χ1n) is 4.30. The second-order valence-corrected chi connectivity index (χ2v) is 2.07. The average Bonchev–Trinajstić information content (AvgIpc) is 2.03. The molecule has 0 saturated heterocycles. The zero-order chi connectivity index (χ0) is 15.3. The molecule has 0 aromatic heterocycles. The maximum atomic E-state index is 8.56. The minimum atomic E-state index is -1.83. The van der Waals surface area contributed by atoms with Gasteiger partial charge < -0.3 is 36.4 Å². The Morgan fingerprint density at radius 3 is 0.588 bits per heavy atom. The normalized spacial score (nSPS) is 6.00. The van der Waals surface area contributed by atoms with Gasteiger partial charge in [-0.2, -0.15) is 0 Å². The van der Waals surface area contributed by atoms with Gasteiger partial charge in [0.25, 0.3) is 0 Å². The largest absolute Gasteiger partial charge is 0.503 e. The third kappa shape index (κ3) is 891. The molecule has 0 heterocycles. The van der Waals surface area contributed by atoms with E-state index in [-0.39, 0.29) is 0 Å². The van der Waals surface area contributed by atoms with E-state index in [1.165, 1.54) is 0 Å². The van der Waals surface area contributed by atoms with E-state index in [2.05, 4.69) is 16.0 Å². The number of carbonyl (C=O) groups is 2. The molecule has 0 unspecified atom stereocenters. The van der Waals surface area contributed by atoms with Gasteiger partial charge in [-0.25, -0.2) is 9.59 Å². The van der Waals surface area contributed by atoms with Crippen LogP contribution >= 0.6 is 0 Å². The van der Waals surface area contributed by atoms with Crippen molar-refractivity contribution in [2.24, 2.45) is 0 Å². The van der Waals surface area contributed by atoms with Gasteiger partial charge in [0.05, 0.1) is 0 Å². The molecule has 0 atom stereocenters. The van der Waals surface area contributed by atoms with E-state index in [4.69, 9.17) is 30.0 Å². The Hall–Kier alpha value is -1.58. The number of hydrogen-bond acceptors (Lipinski definition) is 5. The van der Waals surface area contributed by atoms with Gasteiger partial charge in [-0.15, -0.1) is 0 Å². The molecule has 0 spiro atoms. The molecule has 0 amide bonds. The quantitative estimate of drug-likeness (QED) is 0.317. The fourth-order valence-corrected chi connectivity index (χ4v) is 0. The minimum absolute atomic E-state index is 1.83. The Morgan fingerprint density at radius 2 is 0.588 bits per heavy atom. The lowest BCUT2D eigenvalue weighted by atomic mass is 11.3. The van der Waals surface area contributed by atoms with Crippen LogP contribution in [-0.2, 0) is 0 Å². The van der Waals surface area contributed by atoms with Gasteiger partial charge in [-0.1, -0.05) is 0 Å². The Kier molecular flexibility index (Phi) is 81.9. The molecule has 108 valence electrons. The summed E-state index contributed by atoms with van der Waals surface area (Å²) in [6.45, 7) is 0. The number of hydrogen-bond donors (Lipinski definition) is 7. The van der Waals surface area contributed by atoms with E-state index in [0.29, 0.717) is 0 Å². The van der Waals surface area contributed by atoms with Gasteiger partial charge in [-0.3, -0.25) is 0 Å². The molecule has 0 rings (SSSR count). The van der Waals surface area contributed by atoms with Gasteiger partial charge >= 0.3 is 12.3 Å². The Labute approximate surface area is 101 Å². The summed E-state index contributed by atoms with van der Waals surface area (Å²) in [4.78, 5) is 17.1. The highest BCUT2D eigenvalue weighted by atomic mass is 16.6. The monoisotopic (exact) mass is 259 g/mol. The minimum Gasteiger partial charge on any atom is -0.450 e. The van der Waals surface area contributed by atoms with Crippen LogP contribution in [0.4, 0.5) is 9.59 Å². The van der Waals surface area contributed by atoms with E-state index in [1.807, 2.05) is 42.3 Å². The number of nitrogens with one attached hydrogen (secondary N) is 3. The smallest absolute Gasteiger partial charge is 0.450 e. The molecule has 0 bridgehead atoms. The second-order valence-electron chi connectivity index (χ2n) is 2.07. The summed E-state index contributed by atoms with van der Waals surface area (Å²) >= 11 is 0. The molecule has 0 aliphatic carbocycles. The highest BCUT2D eigenvalue weighted by Gasteiger charge is 1.70. The first-order chi connectivity index (χ1) is 7.71. The zero-order valence-electron chi connectivity index (χ0n) is 11.1. The predicted molar refractivity (Wildman–Crippen MR) is 66.3 cm³/mol. The maximum absolute atomic E-state index is 8.56. The van der Waals surface area contributed by atoms with E-state index in [0.717, 1.165) is 0 Å². The summed E-state index contributed by atoms with van der Waals surface area (Å²) in [5, 5.41) is 36.1. The molecule has 0 aliphatic rings. The summed E-state index contributed by atoms with van der Waals surface area (Å²) in [5.74, 6) is 0. The van der Waals surface area contributed by atoms with Crippen LogP contribution < -0.4 is 16.0 Å². The predicted octanol–water partition coefficient (Wildman–Crippen LogP) is -0.0484.